The molecule has 0 N–H and O–H groups in total. The van der Waals surface area contributed by atoms with Crippen molar-refractivity contribution in [3.63, 3.8) is 0 Å². The smallest absolute Gasteiger partial charge is 0.368 e. The molecule has 0 aromatic heterocycles. The molecular formula is C29H31O8P. The van der Waals surface area contributed by atoms with Crippen molar-refractivity contribution in [2.75, 3.05) is 0 Å². The quantitative estimate of drug-likeness (QED) is 0.335. The summed E-state index contributed by atoms with van der Waals surface area (Å²) in [4.78, 5) is 0. The van der Waals surface area contributed by atoms with Gasteiger partial charge in [0.1, 0.15) is 36.6 Å². The Balaban J connectivity index is 1.27. The van der Waals surface area contributed by atoms with Crippen molar-refractivity contribution in [1.29, 1.82) is 0 Å². The maximum absolute atomic E-state index is 13.8. The standard InChI is InChI=1S/C29H31O8P/c1-20-34-26-24(31-17-21-11-5-2-6-12-21)25(32-18-22-13-7-3-8-14-22)28-27(35-20)29(26)37-38(30,36-28)33-19-23-15-9-4-10-16-23/h2-16,20,24-29H,17-19H2,1H3/t20-,24-,25+,26-,27+,28-,29+,38+/m1/s1. The molecule has 2 aliphatic heterocycles. The lowest BCUT2D eigenvalue weighted by Crippen LogP contribution is -2.72. The van der Waals surface area contributed by atoms with Gasteiger partial charge in [-0.1, -0.05) is 91.0 Å². The highest BCUT2D eigenvalue weighted by Crippen LogP contribution is 2.60. The first kappa shape index (κ1) is 25.9. The normalized spacial score (nSPS) is 34.1. The minimum atomic E-state index is -3.96. The van der Waals surface area contributed by atoms with E-state index in [4.69, 9.17) is 32.5 Å². The third kappa shape index (κ3) is 5.64. The fourth-order valence-electron chi connectivity index (χ4n) is 5.17. The van der Waals surface area contributed by atoms with E-state index in [1.54, 1.807) is 0 Å². The van der Waals surface area contributed by atoms with Crippen LogP contribution in [0, 0.1) is 0 Å². The van der Waals surface area contributed by atoms with Crippen molar-refractivity contribution < 1.29 is 37.1 Å². The van der Waals surface area contributed by atoms with Gasteiger partial charge in [0, 0.05) is 0 Å². The van der Waals surface area contributed by atoms with Crippen LogP contribution in [0.25, 0.3) is 0 Å². The van der Waals surface area contributed by atoms with Crippen LogP contribution in [-0.2, 0) is 56.9 Å². The van der Waals surface area contributed by atoms with Crippen molar-refractivity contribution in [2.45, 2.75) is 69.7 Å². The number of phosphoric ester groups is 1. The zero-order valence-corrected chi connectivity index (χ0v) is 21.9. The molecule has 0 amide bonds. The molecule has 8 nitrogen and oxygen atoms in total. The summed E-state index contributed by atoms with van der Waals surface area (Å²) in [5, 5.41) is 0. The highest BCUT2D eigenvalue weighted by atomic mass is 31.2. The summed E-state index contributed by atoms with van der Waals surface area (Å²) in [6, 6.07) is 29.2. The highest BCUT2D eigenvalue weighted by Gasteiger charge is 2.64. The number of ether oxygens (including phenoxy) is 4. The van der Waals surface area contributed by atoms with Crippen LogP contribution >= 0.6 is 7.82 Å². The van der Waals surface area contributed by atoms with Gasteiger partial charge >= 0.3 is 7.82 Å². The van der Waals surface area contributed by atoms with Crippen LogP contribution in [0.3, 0.4) is 0 Å². The number of phosphoric acid groups is 1. The average molecular weight is 539 g/mol. The van der Waals surface area contributed by atoms with Gasteiger partial charge in [-0.2, -0.15) is 0 Å². The Morgan fingerprint density at radius 1 is 0.605 bits per heavy atom. The van der Waals surface area contributed by atoms with E-state index < -0.39 is 50.7 Å². The molecule has 6 rings (SSSR count). The summed E-state index contributed by atoms with van der Waals surface area (Å²) < 4.78 is 56.8. The highest BCUT2D eigenvalue weighted by molar-refractivity contribution is 7.48. The first-order valence-electron chi connectivity index (χ1n) is 12.9. The van der Waals surface area contributed by atoms with E-state index in [1.165, 1.54) is 0 Å². The van der Waals surface area contributed by atoms with Gasteiger partial charge in [-0.25, -0.2) is 4.57 Å². The maximum Gasteiger partial charge on any atom is 0.476 e. The first-order chi connectivity index (χ1) is 18.6. The SMILES string of the molecule is C[C@@H]1O[C@@H]2[C@H](OCc3ccccc3)[C@H](OCc3ccccc3)[C@H]3O[P@](=O)(OCc4ccccc4)O[C@@H]2[C@H]3O1. The summed E-state index contributed by atoms with van der Waals surface area (Å²) in [5.41, 5.74) is 2.86. The summed E-state index contributed by atoms with van der Waals surface area (Å²) in [5.74, 6) is 0. The van der Waals surface area contributed by atoms with Crippen molar-refractivity contribution in [2.24, 2.45) is 0 Å². The molecular weight excluding hydrogens is 507 g/mol. The van der Waals surface area contributed by atoms with E-state index in [9.17, 15) is 4.57 Å². The maximum atomic E-state index is 13.8. The van der Waals surface area contributed by atoms with Crippen LogP contribution in [0.4, 0.5) is 0 Å². The number of rotatable bonds is 9. The van der Waals surface area contributed by atoms with Crippen LogP contribution < -0.4 is 0 Å². The third-order valence-electron chi connectivity index (χ3n) is 6.94. The molecule has 1 aliphatic carbocycles. The van der Waals surface area contributed by atoms with E-state index in [2.05, 4.69) is 0 Å². The molecule has 2 saturated heterocycles. The van der Waals surface area contributed by atoms with Gasteiger partial charge in [0.2, 0.25) is 0 Å². The second-order valence-corrected chi connectivity index (χ2v) is 11.2. The van der Waals surface area contributed by atoms with Crippen molar-refractivity contribution >= 4 is 7.82 Å². The molecule has 4 bridgehead atoms. The Bertz CT molecular complexity index is 1230. The monoisotopic (exact) mass is 538 g/mol. The van der Waals surface area contributed by atoms with Crippen LogP contribution in [0.15, 0.2) is 91.0 Å². The average Bonchev–Trinajstić information content (AvgIpc) is 2.94. The minimum absolute atomic E-state index is 0.0779. The van der Waals surface area contributed by atoms with E-state index in [0.717, 1.165) is 16.7 Å². The van der Waals surface area contributed by atoms with Gasteiger partial charge in [0.25, 0.3) is 0 Å². The van der Waals surface area contributed by atoms with Gasteiger partial charge in [0.05, 0.1) is 19.8 Å². The largest absolute Gasteiger partial charge is 0.476 e. The zero-order chi connectivity index (χ0) is 26.0. The summed E-state index contributed by atoms with van der Waals surface area (Å²) >= 11 is 0. The lowest BCUT2D eigenvalue weighted by molar-refractivity contribution is -0.364. The third-order valence-corrected chi connectivity index (χ3v) is 8.39. The van der Waals surface area contributed by atoms with Gasteiger partial charge in [0.15, 0.2) is 6.29 Å². The Hall–Kier alpha value is -2.39. The number of benzene rings is 3. The lowest BCUT2D eigenvalue weighted by atomic mass is 9.83. The summed E-state index contributed by atoms with van der Waals surface area (Å²) in [6.07, 6.45) is -4.32. The van der Waals surface area contributed by atoms with E-state index >= 15 is 0 Å². The summed E-state index contributed by atoms with van der Waals surface area (Å²) in [6.45, 7) is 2.55. The Labute approximate surface area is 222 Å². The molecule has 0 spiro atoms. The molecule has 200 valence electrons. The fourth-order valence-corrected chi connectivity index (χ4v) is 6.73. The molecule has 2 heterocycles. The predicted octanol–water partition coefficient (Wildman–Crippen LogP) is 5.41. The van der Waals surface area contributed by atoms with Gasteiger partial charge in [-0.3, -0.25) is 13.6 Å². The van der Waals surface area contributed by atoms with E-state index in [-0.39, 0.29) is 6.61 Å². The molecule has 9 heteroatoms. The molecule has 3 aliphatic rings. The molecule has 0 unspecified atom stereocenters. The molecule has 3 aromatic carbocycles. The Kier molecular flexibility index (Phi) is 7.75. The minimum Gasteiger partial charge on any atom is -0.368 e. The second-order valence-electron chi connectivity index (χ2n) is 9.64. The molecule has 3 fully saturated rings. The number of hydrogen-bond acceptors (Lipinski definition) is 8. The topological polar surface area (TPSA) is 81.7 Å². The van der Waals surface area contributed by atoms with Crippen molar-refractivity contribution in [1.82, 2.24) is 0 Å². The van der Waals surface area contributed by atoms with Crippen molar-refractivity contribution in [3.8, 4) is 0 Å². The Morgan fingerprint density at radius 2 is 1.05 bits per heavy atom. The lowest BCUT2D eigenvalue weighted by Gasteiger charge is -2.56. The second kappa shape index (κ2) is 11.4. The van der Waals surface area contributed by atoms with Gasteiger partial charge < -0.3 is 18.9 Å². The fraction of sp³-hybridized carbons (Fsp3) is 0.379. The van der Waals surface area contributed by atoms with Crippen LogP contribution in [-0.4, -0.2) is 42.9 Å². The van der Waals surface area contributed by atoms with E-state index in [0.29, 0.717) is 13.2 Å². The summed E-state index contributed by atoms with van der Waals surface area (Å²) in [7, 11) is -3.96. The van der Waals surface area contributed by atoms with Crippen LogP contribution in [0.5, 0.6) is 0 Å². The van der Waals surface area contributed by atoms with Gasteiger partial charge in [-0.15, -0.1) is 0 Å². The Morgan fingerprint density at radius 3 is 1.61 bits per heavy atom. The van der Waals surface area contributed by atoms with Crippen molar-refractivity contribution in [3.05, 3.63) is 108 Å². The molecule has 3 aromatic rings. The van der Waals surface area contributed by atoms with Crippen LogP contribution in [0.1, 0.15) is 23.6 Å². The first-order valence-corrected chi connectivity index (χ1v) is 14.3. The molecule has 8 atom stereocenters. The van der Waals surface area contributed by atoms with Crippen LogP contribution in [0.2, 0.25) is 0 Å². The number of hydrogen-bond donors (Lipinski definition) is 0. The molecule has 1 saturated carbocycles. The molecule has 38 heavy (non-hydrogen) atoms. The molecule has 0 radical (unpaired) electrons. The van der Waals surface area contributed by atoms with E-state index in [1.807, 2.05) is 97.9 Å². The zero-order valence-electron chi connectivity index (χ0n) is 21.0. The van der Waals surface area contributed by atoms with Gasteiger partial charge in [-0.05, 0) is 23.6 Å². The predicted molar refractivity (Wildman–Crippen MR) is 138 cm³/mol.